The molecule has 0 spiro atoms. The minimum atomic E-state index is -0.511. The molecule has 0 N–H and O–H groups in total. The predicted molar refractivity (Wildman–Crippen MR) is 58.9 cm³/mol. The zero-order chi connectivity index (χ0) is 10.1. The van der Waals surface area contributed by atoms with Gasteiger partial charge in [0.05, 0.1) is 0 Å². The molecule has 0 aliphatic rings. The fourth-order valence-electron chi connectivity index (χ4n) is 1.00. The number of aryl methyl sites for hydroxylation is 1. The normalized spacial score (nSPS) is 11.3. The van der Waals surface area contributed by atoms with Crippen LogP contribution in [0.3, 0.4) is 0 Å². The van der Waals surface area contributed by atoms with Crippen molar-refractivity contribution in [3.63, 3.8) is 0 Å². The molecule has 1 aromatic heterocycles. The Balaban J connectivity index is 2.91. The summed E-state index contributed by atoms with van der Waals surface area (Å²) in [6.45, 7) is 9.01. The Morgan fingerprint density at radius 3 is 2.46 bits per heavy atom. The summed E-state index contributed by atoms with van der Waals surface area (Å²) in [5, 5.41) is 8.75. The fourth-order valence-corrected chi connectivity index (χ4v) is 7.92. The molecule has 0 aliphatic heterocycles. The second-order valence-electron chi connectivity index (χ2n) is 4.11. The molecule has 3 heteroatoms. The quantitative estimate of drug-likeness (QED) is 0.731. The van der Waals surface area contributed by atoms with Crippen LogP contribution in [-0.2, 0) is 0 Å². The van der Waals surface area contributed by atoms with E-state index in [4.69, 9.17) is 5.26 Å². The summed E-state index contributed by atoms with van der Waals surface area (Å²) in [5.74, 6) is 0. The first-order chi connectivity index (χ1) is 5.92. The predicted octanol–water partition coefficient (Wildman–Crippen LogP) is 2.48. The van der Waals surface area contributed by atoms with Crippen LogP contribution in [0.15, 0.2) is 6.07 Å². The van der Waals surface area contributed by atoms with E-state index in [0.717, 1.165) is 4.88 Å². The van der Waals surface area contributed by atoms with Crippen molar-refractivity contribution < 1.29 is 0 Å². The van der Waals surface area contributed by atoms with Gasteiger partial charge in [0.15, 0.2) is 0 Å². The van der Waals surface area contributed by atoms with Gasteiger partial charge in [-0.2, -0.15) is 0 Å². The van der Waals surface area contributed by atoms with E-state index >= 15 is 0 Å². The molecule has 68 valence electrons. The van der Waals surface area contributed by atoms with E-state index in [0.29, 0.717) is 3.43 Å². The SMILES string of the molecule is Cc1cc(C#N)s[c]1[Sn][C](C)(C)C. The number of nitriles is 1. The Kier molecular flexibility index (Phi) is 3.42. The molecule has 0 unspecified atom stereocenters. The van der Waals surface area contributed by atoms with E-state index < -0.39 is 21.1 Å². The molecule has 0 saturated heterocycles. The van der Waals surface area contributed by atoms with Gasteiger partial charge in [-0.1, -0.05) is 0 Å². The number of rotatable bonds is 1. The van der Waals surface area contributed by atoms with E-state index in [2.05, 4.69) is 33.8 Å². The standard InChI is InChI=1S/C6H4NS.C4H9.Sn/c1-5-2-6(3-7)8-4-5;1-4(2)3;/h2H,1H3;1-3H3;. The monoisotopic (exact) mass is 299 g/mol. The van der Waals surface area contributed by atoms with Crippen molar-refractivity contribution in [3.8, 4) is 6.07 Å². The van der Waals surface area contributed by atoms with Crippen LogP contribution in [0.5, 0.6) is 0 Å². The van der Waals surface area contributed by atoms with E-state index in [1.54, 1.807) is 11.3 Å². The van der Waals surface area contributed by atoms with Crippen LogP contribution >= 0.6 is 11.3 Å². The number of nitrogens with zero attached hydrogens (tertiary/aromatic N) is 1. The fraction of sp³-hybridized carbons (Fsp3) is 0.500. The molecule has 0 saturated carbocycles. The summed E-state index contributed by atoms with van der Waals surface area (Å²) in [6, 6.07) is 4.24. The number of hydrogen-bond donors (Lipinski definition) is 0. The number of hydrogen-bond acceptors (Lipinski definition) is 2. The molecule has 1 heterocycles. The Morgan fingerprint density at radius 1 is 1.46 bits per heavy atom. The Morgan fingerprint density at radius 2 is 2.08 bits per heavy atom. The zero-order valence-corrected chi connectivity index (χ0v) is 12.1. The van der Waals surface area contributed by atoms with E-state index in [1.165, 1.54) is 8.46 Å². The van der Waals surface area contributed by atoms with Gasteiger partial charge in [0.25, 0.3) is 0 Å². The molecule has 0 bridgehead atoms. The first-order valence-electron chi connectivity index (χ1n) is 4.21. The van der Waals surface area contributed by atoms with Gasteiger partial charge in [0, 0.05) is 0 Å². The number of thiophene rings is 1. The summed E-state index contributed by atoms with van der Waals surface area (Å²) >= 11 is 1.19. The van der Waals surface area contributed by atoms with Gasteiger partial charge >= 0.3 is 94.3 Å². The molecular weight excluding hydrogens is 285 g/mol. The van der Waals surface area contributed by atoms with E-state index in [1.807, 2.05) is 6.07 Å². The first-order valence-corrected chi connectivity index (χ1v) is 7.88. The molecule has 13 heavy (non-hydrogen) atoms. The summed E-state index contributed by atoms with van der Waals surface area (Å²) in [6.07, 6.45) is 0. The maximum atomic E-state index is 8.75. The van der Waals surface area contributed by atoms with Gasteiger partial charge in [0.2, 0.25) is 0 Å². The molecular formula is C10H13NSSn. The molecule has 0 fully saturated rings. The Hall–Kier alpha value is -0.0113. The van der Waals surface area contributed by atoms with Gasteiger partial charge in [-0.05, 0) is 0 Å². The van der Waals surface area contributed by atoms with Gasteiger partial charge < -0.3 is 0 Å². The van der Waals surface area contributed by atoms with Gasteiger partial charge in [-0.15, -0.1) is 0 Å². The molecule has 1 aromatic rings. The Bertz CT molecular complexity index is 341. The molecule has 1 nitrogen and oxygen atoms in total. The van der Waals surface area contributed by atoms with Crippen LogP contribution in [0.2, 0.25) is 3.43 Å². The van der Waals surface area contributed by atoms with Crippen LogP contribution in [0.4, 0.5) is 0 Å². The summed E-state index contributed by atoms with van der Waals surface area (Å²) in [4.78, 5) is 0.873. The van der Waals surface area contributed by atoms with Crippen molar-refractivity contribution in [3.05, 3.63) is 16.5 Å². The van der Waals surface area contributed by atoms with Gasteiger partial charge in [0.1, 0.15) is 0 Å². The molecule has 2 radical (unpaired) electrons. The van der Waals surface area contributed by atoms with Crippen molar-refractivity contribution in [2.45, 2.75) is 31.1 Å². The summed E-state index contributed by atoms with van der Waals surface area (Å²) in [7, 11) is 0. The third kappa shape index (κ3) is 3.32. The van der Waals surface area contributed by atoms with Crippen molar-refractivity contribution in [2.24, 2.45) is 0 Å². The Labute approximate surface area is 94.0 Å². The first kappa shape index (κ1) is 11.1. The van der Waals surface area contributed by atoms with E-state index in [-0.39, 0.29) is 0 Å². The van der Waals surface area contributed by atoms with Crippen LogP contribution in [-0.4, -0.2) is 21.1 Å². The molecule has 0 atom stereocenters. The topological polar surface area (TPSA) is 23.8 Å². The summed E-state index contributed by atoms with van der Waals surface area (Å²) in [5.41, 5.74) is 1.34. The van der Waals surface area contributed by atoms with Crippen molar-refractivity contribution in [1.29, 1.82) is 5.26 Å². The molecule has 0 amide bonds. The van der Waals surface area contributed by atoms with Crippen LogP contribution in [0.25, 0.3) is 0 Å². The van der Waals surface area contributed by atoms with Crippen molar-refractivity contribution in [1.82, 2.24) is 0 Å². The van der Waals surface area contributed by atoms with Crippen molar-refractivity contribution in [2.75, 3.05) is 0 Å². The third-order valence-electron chi connectivity index (χ3n) is 1.52. The average molecular weight is 298 g/mol. The van der Waals surface area contributed by atoms with Crippen LogP contribution in [0, 0.1) is 18.3 Å². The van der Waals surface area contributed by atoms with Gasteiger partial charge in [-0.3, -0.25) is 0 Å². The third-order valence-corrected chi connectivity index (χ3v) is 7.94. The van der Waals surface area contributed by atoms with Gasteiger partial charge in [-0.25, -0.2) is 0 Å². The van der Waals surface area contributed by atoms with E-state index in [9.17, 15) is 0 Å². The van der Waals surface area contributed by atoms with Crippen LogP contribution in [0.1, 0.15) is 31.2 Å². The minimum absolute atomic E-state index is 0.478. The second kappa shape index (κ2) is 4.01. The molecule has 1 rings (SSSR count). The summed E-state index contributed by atoms with van der Waals surface area (Å²) < 4.78 is 2.00. The molecule has 0 aliphatic carbocycles. The second-order valence-corrected chi connectivity index (χ2v) is 12.6. The zero-order valence-electron chi connectivity index (χ0n) is 8.43. The average Bonchev–Trinajstić information content (AvgIpc) is 2.29. The van der Waals surface area contributed by atoms with Crippen LogP contribution < -0.4 is 2.89 Å². The maximum absolute atomic E-state index is 8.75. The molecule has 0 aromatic carbocycles. The van der Waals surface area contributed by atoms with Crippen molar-refractivity contribution >= 4 is 35.4 Å².